The first-order valence-electron chi connectivity index (χ1n) is 9.56. The van der Waals surface area contributed by atoms with Crippen LogP contribution in [0, 0.1) is 17.3 Å². The maximum atomic E-state index is 12.5. The van der Waals surface area contributed by atoms with E-state index >= 15 is 0 Å². The Labute approximate surface area is 160 Å². The van der Waals surface area contributed by atoms with Crippen molar-refractivity contribution in [2.75, 3.05) is 13.7 Å². The van der Waals surface area contributed by atoms with Crippen LogP contribution in [0.2, 0.25) is 0 Å². The second-order valence-corrected chi connectivity index (χ2v) is 9.51. The van der Waals surface area contributed by atoms with E-state index in [2.05, 4.69) is 11.1 Å². The molecule has 7 heteroatoms. The zero-order valence-electron chi connectivity index (χ0n) is 15.7. The quantitative estimate of drug-likeness (QED) is 0.787. The van der Waals surface area contributed by atoms with Gasteiger partial charge in [-0.3, -0.25) is 9.35 Å². The number of hydrogen-bond donors (Lipinski definition) is 1. The first-order chi connectivity index (χ1) is 12.7. The molecule has 1 aromatic rings. The Morgan fingerprint density at radius 3 is 2.74 bits per heavy atom. The number of methoxy groups -OCH3 is 1. The van der Waals surface area contributed by atoms with Gasteiger partial charge >= 0.3 is 10.4 Å². The fraction of sp³-hybridized carbons (Fsp3) is 0.650. The zero-order valence-corrected chi connectivity index (χ0v) is 16.5. The number of hydrogen-bond acceptors (Lipinski definition) is 5. The molecule has 0 aromatic heterocycles. The molecular formula is C20H26O6S. The van der Waals surface area contributed by atoms with Gasteiger partial charge in [-0.25, -0.2) is 0 Å². The lowest BCUT2D eigenvalue weighted by Crippen LogP contribution is -2.43. The van der Waals surface area contributed by atoms with Gasteiger partial charge in [-0.15, -0.1) is 0 Å². The molecule has 3 aliphatic carbocycles. The summed E-state index contributed by atoms with van der Waals surface area (Å²) in [5.41, 5.74) is 2.05. The van der Waals surface area contributed by atoms with Crippen LogP contribution in [0.4, 0.5) is 0 Å². The lowest BCUT2D eigenvalue weighted by molar-refractivity contribution is -0.129. The lowest BCUT2D eigenvalue weighted by Gasteiger charge is -2.50. The van der Waals surface area contributed by atoms with Crippen LogP contribution in [0.1, 0.15) is 62.0 Å². The SMILES string of the molecule is COC[C@H]1C[C@@H]2[C@H](CC[C@]3(C)C(=O)CC[C@@H]23)c2ccc(OS(=O)(=O)O)cc21. The molecule has 0 saturated heterocycles. The minimum atomic E-state index is -4.55. The largest absolute Gasteiger partial charge is 0.446 e. The summed E-state index contributed by atoms with van der Waals surface area (Å²) < 4.78 is 41.2. The summed E-state index contributed by atoms with van der Waals surface area (Å²) in [5.74, 6) is 1.87. The average Bonchev–Trinajstić information content (AvgIpc) is 2.89. The highest BCUT2D eigenvalue weighted by molar-refractivity contribution is 7.81. The summed E-state index contributed by atoms with van der Waals surface area (Å²) in [6.45, 7) is 2.68. The minimum absolute atomic E-state index is 0.118. The molecule has 0 amide bonds. The molecule has 0 unspecified atom stereocenters. The highest BCUT2D eigenvalue weighted by Gasteiger charge is 2.55. The van der Waals surface area contributed by atoms with E-state index in [-0.39, 0.29) is 17.1 Å². The topological polar surface area (TPSA) is 89.9 Å². The lowest BCUT2D eigenvalue weighted by atomic mass is 9.54. The molecule has 0 aliphatic heterocycles. The summed E-state index contributed by atoms with van der Waals surface area (Å²) in [5, 5.41) is 0. The Morgan fingerprint density at radius 1 is 1.26 bits per heavy atom. The van der Waals surface area contributed by atoms with Crippen molar-refractivity contribution in [3.63, 3.8) is 0 Å². The third-order valence-corrected chi connectivity index (χ3v) is 7.57. The summed E-state index contributed by atoms with van der Waals surface area (Å²) >= 11 is 0. The molecule has 2 saturated carbocycles. The van der Waals surface area contributed by atoms with E-state index < -0.39 is 10.4 Å². The van der Waals surface area contributed by atoms with Gasteiger partial charge in [-0.05, 0) is 66.7 Å². The highest BCUT2D eigenvalue weighted by Crippen LogP contribution is 2.61. The van der Waals surface area contributed by atoms with Gasteiger partial charge < -0.3 is 8.92 Å². The fourth-order valence-electron chi connectivity index (χ4n) is 6.01. The summed E-state index contributed by atoms with van der Waals surface area (Å²) in [6.07, 6.45) is 4.46. The summed E-state index contributed by atoms with van der Waals surface area (Å²) in [6, 6.07) is 5.25. The van der Waals surface area contributed by atoms with Crippen molar-refractivity contribution in [2.24, 2.45) is 17.3 Å². The van der Waals surface area contributed by atoms with Crippen molar-refractivity contribution in [3.8, 4) is 5.75 Å². The number of carbonyl (C=O) groups excluding carboxylic acids is 1. The Balaban J connectivity index is 1.73. The normalized spacial score (nSPS) is 35.3. The van der Waals surface area contributed by atoms with Crippen LogP contribution in [0.15, 0.2) is 18.2 Å². The van der Waals surface area contributed by atoms with Crippen LogP contribution in [0.3, 0.4) is 0 Å². The minimum Gasteiger partial charge on any atom is -0.384 e. The van der Waals surface area contributed by atoms with Crippen molar-refractivity contribution in [1.29, 1.82) is 0 Å². The standard InChI is InChI=1S/C20H26O6S/c1-20-8-7-15-14-4-3-13(26-27(22,23)24)10-16(14)12(11-25-2)9-17(15)18(20)5-6-19(20)21/h3-4,10,12,15,17-18H,5-9,11H2,1-2H3,(H,22,23,24)/t12-,15-,17-,18+,20+/m1/s1. The third kappa shape index (κ3) is 3.19. The van der Waals surface area contributed by atoms with E-state index in [0.717, 1.165) is 31.2 Å². The van der Waals surface area contributed by atoms with Gasteiger partial charge in [-0.1, -0.05) is 13.0 Å². The van der Waals surface area contributed by atoms with Gasteiger partial charge in [-0.2, -0.15) is 8.42 Å². The second kappa shape index (κ2) is 6.57. The average molecular weight is 394 g/mol. The Kier molecular flexibility index (Phi) is 4.60. The Hall–Kier alpha value is -1.44. The van der Waals surface area contributed by atoms with Crippen LogP contribution in [0.25, 0.3) is 0 Å². The Morgan fingerprint density at radius 2 is 2.04 bits per heavy atom. The Bertz CT molecular complexity index is 863. The van der Waals surface area contributed by atoms with Gasteiger partial charge in [0.1, 0.15) is 11.5 Å². The van der Waals surface area contributed by atoms with Crippen LogP contribution < -0.4 is 4.18 Å². The molecule has 1 N–H and O–H groups in total. The zero-order chi connectivity index (χ0) is 19.4. The molecule has 4 rings (SSSR count). The van der Waals surface area contributed by atoms with Crippen molar-refractivity contribution < 1.29 is 26.7 Å². The van der Waals surface area contributed by atoms with Gasteiger partial charge in [0.25, 0.3) is 0 Å². The molecule has 6 nitrogen and oxygen atoms in total. The molecule has 5 atom stereocenters. The number of benzene rings is 1. The molecule has 3 aliphatic rings. The molecule has 1 aromatic carbocycles. The van der Waals surface area contributed by atoms with E-state index in [1.165, 1.54) is 5.56 Å². The van der Waals surface area contributed by atoms with Crippen molar-refractivity contribution in [1.82, 2.24) is 0 Å². The van der Waals surface area contributed by atoms with E-state index in [1.807, 2.05) is 6.07 Å². The number of ketones is 1. The van der Waals surface area contributed by atoms with Gasteiger partial charge in [0, 0.05) is 24.9 Å². The third-order valence-electron chi connectivity index (χ3n) is 7.17. The van der Waals surface area contributed by atoms with Crippen LogP contribution in [-0.4, -0.2) is 32.5 Å². The second-order valence-electron chi connectivity index (χ2n) is 8.48. The summed E-state index contributed by atoms with van der Waals surface area (Å²) in [7, 11) is -2.89. The molecule has 2 fully saturated rings. The van der Waals surface area contributed by atoms with Crippen molar-refractivity contribution in [3.05, 3.63) is 29.3 Å². The maximum Gasteiger partial charge on any atom is 0.446 e. The van der Waals surface area contributed by atoms with Crippen LogP contribution >= 0.6 is 0 Å². The molecule has 148 valence electrons. The van der Waals surface area contributed by atoms with Crippen molar-refractivity contribution in [2.45, 2.75) is 50.9 Å². The number of rotatable bonds is 4. The van der Waals surface area contributed by atoms with Gasteiger partial charge in [0.15, 0.2) is 0 Å². The predicted molar refractivity (Wildman–Crippen MR) is 99.2 cm³/mol. The highest BCUT2D eigenvalue weighted by atomic mass is 32.3. The van der Waals surface area contributed by atoms with Gasteiger partial charge in [0.2, 0.25) is 0 Å². The molecule has 0 radical (unpaired) electrons. The number of fused-ring (bicyclic) bond motifs is 5. The van der Waals surface area contributed by atoms with E-state index in [0.29, 0.717) is 36.6 Å². The summed E-state index contributed by atoms with van der Waals surface area (Å²) in [4.78, 5) is 12.5. The monoisotopic (exact) mass is 394 g/mol. The smallest absolute Gasteiger partial charge is 0.384 e. The first-order valence-corrected chi connectivity index (χ1v) is 10.9. The van der Waals surface area contributed by atoms with Crippen molar-refractivity contribution >= 4 is 16.2 Å². The van der Waals surface area contributed by atoms with E-state index in [1.54, 1.807) is 19.2 Å². The molecule has 0 bridgehead atoms. The first kappa shape index (κ1) is 18.9. The van der Waals surface area contributed by atoms with E-state index in [9.17, 15) is 13.2 Å². The van der Waals surface area contributed by atoms with Crippen LogP contribution in [-0.2, 0) is 19.9 Å². The number of ether oxygens (including phenoxy) is 1. The van der Waals surface area contributed by atoms with Crippen LogP contribution in [0.5, 0.6) is 5.75 Å². The number of carbonyl (C=O) groups is 1. The predicted octanol–water partition coefficient (Wildman–Crippen LogP) is 3.48. The molecule has 0 heterocycles. The molecular weight excluding hydrogens is 368 g/mol. The maximum absolute atomic E-state index is 12.5. The number of Topliss-reactive ketones (excluding diaryl/α,β-unsaturated/α-hetero) is 1. The molecule has 27 heavy (non-hydrogen) atoms. The molecule has 0 spiro atoms. The fourth-order valence-corrected chi connectivity index (χ4v) is 6.35. The van der Waals surface area contributed by atoms with E-state index in [4.69, 9.17) is 9.29 Å². The van der Waals surface area contributed by atoms with Gasteiger partial charge in [0.05, 0.1) is 6.61 Å².